The van der Waals surface area contributed by atoms with Crippen LogP contribution in [0.5, 0.6) is 0 Å². The molecule has 3 atom stereocenters. The number of hydrogen-bond donors (Lipinski definition) is 1. The molecule has 1 aliphatic carbocycles. The highest BCUT2D eigenvalue weighted by Crippen LogP contribution is 2.37. The first-order chi connectivity index (χ1) is 9.76. The van der Waals surface area contributed by atoms with Gasteiger partial charge in [0.05, 0.1) is 17.9 Å². The average Bonchev–Trinajstić information content (AvgIpc) is 3.07. The Morgan fingerprint density at radius 2 is 2.35 bits per heavy atom. The van der Waals surface area contributed by atoms with Crippen LogP contribution in [-0.4, -0.2) is 35.6 Å². The van der Waals surface area contributed by atoms with Crippen LogP contribution in [-0.2, 0) is 0 Å². The lowest BCUT2D eigenvalue weighted by Crippen LogP contribution is -2.35. The second-order valence-corrected chi connectivity index (χ2v) is 6.13. The molecule has 20 heavy (non-hydrogen) atoms. The minimum Gasteiger partial charge on any atom is -0.309 e. The van der Waals surface area contributed by atoms with Crippen LogP contribution in [0.1, 0.15) is 44.3 Å². The Morgan fingerprint density at radius 3 is 2.95 bits per heavy atom. The molecule has 2 fully saturated rings. The van der Waals surface area contributed by atoms with Gasteiger partial charge in [0, 0.05) is 19.1 Å². The molecule has 0 spiro atoms. The molecule has 0 radical (unpaired) electrons. The molecule has 1 aliphatic heterocycles. The molecule has 2 aliphatic rings. The maximum Gasteiger partial charge on any atom is 0.141 e. The predicted molar refractivity (Wildman–Crippen MR) is 77.9 cm³/mol. The third kappa shape index (κ3) is 3.01. The summed E-state index contributed by atoms with van der Waals surface area (Å²) in [7, 11) is 0. The number of nitrogens with zero attached hydrogens (tertiary/aromatic N) is 2. The number of likely N-dealkylation sites (tertiary alicyclic amines) is 1. The lowest BCUT2D eigenvalue weighted by molar-refractivity contribution is 0.202. The molecule has 1 aromatic rings. The van der Waals surface area contributed by atoms with Gasteiger partial charge >= 0.3 is 0 Å². The SMILES string of the molecule is CCNC(CCN1CC2CCC1C2)c1ccc(F)cn1. The predicted octanol–water partition coefficient (Wildman–Crippen LogP) is 2.75. The van der Waals surface area contributed by atoms with Crippen molar-refractivity contribution in [1.29, 1.82) is 0 Å². The molecular formula is C16H24FN3. The summed E-state index contributed by atoms with van der Waals surface area (Å²) in [4.78, 5) is 6.88. The molecule has 1 aromatic heterocycles. The third-order valence-electron chi connectivity index (χ3n) is 4.79. The van der Waals surface area contributed by atoms with Crippen LogP contribution in [0.3, 0.4) is 0 Å². The quantitative estimate of drug-likeness (QED) is 0.866. The van der Waals surface area contributed by atoms with Gasteiger partial charge in [-0.2, -0.15) is 0 Å². The van der Waals surface area contributed by atoms with Gasteiger partial charge in [0.15, 0.2) is 0 Å². The minimum atomic E-state index is -0.263. The summed E-state index contributed by atoms with van der Waals surface area (Å²) in [5, 5.41) is 3.47. The molecule has 4 heteroatoms. The molecule has 3 rings (SSSR count). The zero-order valence-electron chi connectivity index (χ0n) is 12.2. The van der Waals surface area contributed by atoms with Crippen molar-refractivity contribution in [1.82, 2.24) is 15.2 Å². The third-order valence-corrected chi connectivity index (χ3v) is 4.79. The van der Waals surface area contributed by atoms with E-state index in [-0.39, 0.29) is 11.9 Å². The van der Waals surface area contributed by atoms with E-state index in [1.807, 2.05) is 0 Å². The summed E-state index contributed by atoms with van der Waals surface area (Å²) in [6.45, 7) is 5.42. The Labute approximate surface area is 120 Å². The van der Waals surface area contributed by atoms with Crippen molar-refractivity contribution in [2.75, 3.05) is 19.6 Å². The van der Waals surface area contributed by atoms with E-state index in [1.165, 1.54) is 38.1 Å². The number of pyridine rings is 1. The van der Waals surface area contributed by atoms with Crippen LogP contribution < -0.4 is 5.32 Å². The van der Waals surface area contributed by atoms with E-state index in [4.69, 9.17) is 0 Å². The largest absolute Gasteiger partial charge is 0.309 e. The Bertz CT molecular complexity index is 434. The van der Waals surface area contributed by atoms with Crippen molar-refractivity contribution >= 4 is 0 Å². The smallest absolute Gasteiger partial charge is 0.141 e. The van der Waals surface area contributed by atoms with E-state index < -0.39 is 0 Å². The second-order valence-electron chi connectivity index (χ2n) is 6.13. The van der Waals surface area contributed by atoms with Crippen molar-refractivity contribution < 1.29 is 4.39 Å². The zero-order chi connectivity index (χ0) is 13.9. The van der Waals surface area contributed by atoms with E-state index in [1.54, 1.807) is 6.07 Å². The van der Waals surface area contributed by atoms with Crippen LogP contribution in [0.4, 0.5) is 4.39 Å². The van der Waals surface area contributed by atoms with Crippen molar-refractivity contribution in [3.8, 4) is 0 Å². The molecular weight excluding hydrogens is 253 g/mol. The molecule has 3 unspecified atom stereocenters. The van der Waals surface area contributed by atoms with Gasteiger partial charge < -0.3 is 10.2 Å². The Kier molecular flexibility index (Phi) is 4.32. The lowest BCUT2D eigenvalue weighted by Gasteiger charge is -2.28. The van der Waals surface area contributed by atoms with Gasteiger partial charge in [-0.3, -0.25) is 4.98 Å². The molecule has 0 amide bonds. The molecule has 3 nitrogen and oxygen atoms in total. The molecule has 110 valence electrons. The van der Waals surface area contributed by atoms with Gasteiger partial charge in [-0.15, -0.1) is 0 Å². The topological polar surface area (TPSA) is 28.2 Å². The highest BCUT2D eigenvalue weighted by molar-refractivity contribution is 5.10. The number of aromatic nitrogens is 1. The first kappa shape index (κ1) is 14.0. The Morgan fingerprint density at radius 1 is 1.45 bits per heavy atom. The Hall–Kier alpha value is -1.00. The normalized spacial score (nSPS) is 27.1. The Balaban J connectivity index is 1.58. The van der Waals surface area contributed by atoms with Crippen LogP contribution in [0.2, 0.25) is 0 Å². The zero-order valence-corrected chi connectivity index (χ0v) is 12.2. The fraction of sp³-hybridized carbons (Fsp3) is 0.688. The van der Waals surface area contributed by atoms with Gasteiger partial charge in [-0.1, -0.05) is 6.92 Å². The first-order valence-corrected chi connectivity index (χ1v) is 7.85. The second kappa shape index (κ2) is 6.19. The van der Waals surface area contributed by atoms with Crippen molar-refractivity contribution in [3.05, 3.63) is 29.8 Å². The monoisotopic (exact) mass is 277 g/mol. The molecule has 0 aromatic carbocycles. The summed E-state index contributed by atoms with van der Waals surface area (Å²) in [6.07, 6.45) is 6.58. The first-order valence-electron chi connectivity index (χ1n) is 7.85. The summed E-state index contributed by atoms with van der Waals surface area (Å²) in [6, 6.07) is 4.37. The standard InChI is InChI=1S/C16H24FN3/c1-2-18-16(15-6-4-13(17)10-19-15)7-8-20-11-12-3-5-14(20)9-12/h4,6,10,12,14,16,18H,2-3,5,7-9,11H2,1H3. The fourth-order valence-electron chi connectivity index (χ4n) is 3.79. The van der Waals surface area contributed by atoms with E-state index in [2.05, 4.69) is 22.1 Å². The number of nitrogens with one attached hydrogen (secondary N) is 1. The van der Waals surface area contributed by atoms with Gasteiger partial charge in [0.1, 0.15) is 5.82 Å². The number of hydrogen-bond acceptors (Lipinski definition) is 3. The van der Waals surface area contributed by atoms with Crippen molar-refractivity contribution in [3.63, 3.8) is 0 Å². The van der Waals surface area contributed by atoms with Crippen LogP contribution >= 0.6 is 0 Å². The summed E-state index contributed by atoms with van der Waals surface area (Å²) in [5.74, 6) is 0.683. The molecule has 1 N–H and O–H groups in total. The molecule has 2 bridgehead atoms. The van der Waals surface area contributed by atoms with Crippen LogP contribution in [0.25, 0.3) is 0 Å². The van der Waals surface area contributed by atoms with E-state index in [0.29, 0.717) is 0 Å². The molecule has 1 saturated carbocycles. The maximum absolute atomic E-state index is 13.0. The van der Waals surface area contributed by atoms with Gasteiger partial charge in [-0.25, -0.2) is 4.39 Å². The minimum absolute atomic E-state index is 0.236. The number of fused-ring (bicyclic) bond motifs is 2. The summed E-state index contributed by atoms with van der Waals surface area (Å²) in [5.41, 5.74) is 0.956. The van der Waals surface area contributed by atoms with Gasteiger partial charge in [0.2, 0.25) is 0 Å². The van der Waals surface area contributed by atoms with Crippen molar-refractivity contribution in [2.24, 2.45) is 5.92 Å². The van der Waals surface area contributed by atoms with Crippen LogP contribution in [0.15, 0.2) is 18.3 Å². The number of halogens is 1. The highest BCUT2D eigenvalue weighted by atomic mass is 19.1. The van der Waals surface area contributed by atoms with Gasteiger partial charge in [-0.05, 0) is 50.3 Å². The lowest BCUT2D eigenvalue weighted by atomic mass is 10.1. The molecule has 2 heterocycles. The van der Waals surface area contributed by atoms with Gasteiger partial charge in [0.25, 0.3) is 0 Å². The summed E-state index contributed by atoms with van der Waals surface area (Å²) >= 11 is 0. The average molecular weight is 277 g/mol. The summed E-state index contributed by atoms with van der Waals surface area (Å²) < 4.78 is 13.0. The number of rotatable bonds is 6. The van der Waals surface area contributed by atoms with Crippen molar-refractivity contribution in [2.45, 2.75) is 44.7 Å². The van der Waals surface area contributed by atoms with Crippen LogP contribution in [0, 0.1) is 11.7 Å². The number of piperidine rings is 1. The van der Waals surface area contributed by atoms with E-state index in [9.17, 15) is 4.39 Å². The van der Waals surface area contributed by atoms with E-state index >= 15 is 0 Å². The maximum atomic E-state index is 13.0. The highest BCUT2D eigenvalue weighted by Gasteiger charge is 2.37. The van der Waals surface area contributed by atoms with E-state index in [0.717, 1.165) is 37.2 Å². The molecule has 1 saturated heterocycles. The fourth-order valence-corrected chi connectivity index (χ4v) is 3.79.